The molecule has 2 aromatic rings. The zero-order chi connectivity index (χ0) is 21.4. The van der Waals surface area contributed by atoms with Crippen LogP contribution in [0, 0.1) is 0 Å². The lowest BCUT2D eigenvalue weighted by Crippen LogP contribution is -2.81. The van der Waals surface area contributed by atoms with E-state index in [0.717, 1.165) is 48.8 Å². The molecule has 0 unspecified atom stereocenters. The van der Waals surface area contributed by atoms with Gasteiger partial charge in [0.1, 0.15) is 11.6 Å². The maximum atomic E-state index is 13.1. The number of hydrogen-bond donors (Lipinski definition) is 1. The van der Waals surface area contributed by atoms with E-state index in [9.17, 15) is 9.90 Å². The smallest absolute Gasteiger partial charge is 0.174 e. The molecule has 31 heavy (non-hydrogen) atoms. The molecule has 2 aliphatic heterocycles. The lowest BCUT2D eigenvalue weighted by molar-refractivity contribution is -0.949. The summed E-state index contributed by atoms with van der Waals surface area (Å²) in [7, 11) is 4.19. The number of piperidine rings is 1. The van der Waals surface area contributed by atoms with E-state index in [2.05, 4.69) is 37.4 Å². The molecule has 1 saturated heterocycles. The fraction of sp³-hybridized carbons (Fsp3) is 0.500. The third kappa shape index (κ3) is 2.26. The van der Waals surface area contributed by atoms with E-state index in [1.54, 1.807) is 6.07 Å². The van der Waals surface area contributed by atoms with Gasteiger partial charge in [-0.15, -0.1) is 0 Å². The molecule has 6 rings (SSSR count). The number of nitrogens with zero attached hydrogens (tertiary/aromatic N) is 1. The van der Waals surface area contributed by atoms with Gasteiger partial charge in [0, 0.05) is 38.4 Å². The largest absolute Gasteiger partial charge is 0.504 e. The molecule has 0 aromatic heterocycles. The van der Waals surface area contributed by atoms with Gasteiger partial charge < -0.3 is 19.1 Å². The number of hydrogen-bond acceptors (Lipinski definition) is 4. The van der Waals surface area contributed by atoms with Crippen molar-refractivity contribution in [3.05, 3.63) is 59.2 Å². The van der Waals surface area contributed by atoms with E-state index in [1.165, 1.54) is 11.1 Å². The molecule has 5 heteroatoms. The number of likely N-dealkylation sites (N-methyl/N-ethyl adjacent to an activating group) is 1. The predicted molar refractivity (Wildman–Crippen MR) is 116 cm³/mol. The number of phenols is 1. The number of ketones is 1. The molecule has 2 fully saturated rings. The highest BCUT2D eigenvalue weighted by molar-refractivity contribution is 5.90. The average Bonchev–Trinajstić information content (AvgIpc) is 3.16. The molecular weight excluding hydrogens is 390 g/mol. The molecule has 2 heterocycles. The van der Waals surface area contributed by atoms with Crippen molar-refractivity contribution in [2.45, 2.75) is 55.3 Å². The number of phenolic OH excluding ortho intramolecular Hbond substituents is 1. The maximum absolute atomic E-state index is 13.1. The lowest BCUT2D eigenvalue weighted by atomic mass is 9.48. The summed E-state index contributed by atoms with van der Waals surface area (Å²) in [5, 5.41) is 10.6. The number of ether oxygens (including phenoxy) is 2. The van der Waals surface area contributed by atoms with Crippen LogP contribution in [0.2, 0.25) is 0 Å². The molecule has 2 bridgehead atoms. The van der Waals surface area contributed by atoms with Gasteiger partial charge in [0.2, 0.25) is 0 Å². The van der Waals surface area contributed by atoms with Gasteiger partial charge in [0.15, 0.2) is 23.4 Å². The van der Waals surface area contributed by atoms with E-state index in [1.807, 2.05) is 13.2 Å². The van der Waals surface area contributed by atoms with Crippen LogP contribution in [0.15, 0.2) is 42.5 Å². The summed E-state index contributed by atoms with van der Waals surface area (Å²) in [5.41, 5.74) is 2.68. The third-order valence-electron chi connectivity index (χ3n) is 8.98. The Bertz CT molecular complexity index is 1070. The Morgan fingerprint density at radius 2 is 2.00 bits per heavy atom. The van der Waals surface area contributed by atoms with Crippen LogP contribution in [0.25, 0.3) is 0 Å². The Morgan fingerprint density at radius 1 is 1.19 bits per heavy atom. The van der Waals surface area contributed by atoms with Gasteiger partial charge in [-0.3, -0.25) is 4.79 Å². The van der Waals surface area contributed by atoms with Crippen molar-refractivity contribution in [3.8, 4) is 11.5 Å². The SMILES string of the molecule is CO[C@@]12CCC(=O)[C@@H]3Oc4c(O)ccc5c4[C@@]31CC[N@@+](C)(CCc1ccccc1)[C@@H]2C5. The zero-order valence-electron chi connectivity index (χ0n) is 18.3. The highest BCUT2D eigenvalue weighted by Gasteiger charge is 2.77. The van der Waals surface area contributed by atoms with Crippen LogP contribution < -0.4 is 4.74 Å². The minimum Gasteiger partial charge on any atom is -0.504 e. The number of aromatic hydroxyl groups is 1. The van der Waals surface area contributed by atoms with Gasteiger partial charge in [-0.2, -0.15) is 0 Å². The summed E-state index contributed by atoms with van der Waals surface area (Å²) >= 11 is 0. The van der Waals surface area contributed by atoms with Gasteiger partial charge in [-0.05, 0) is 23.6 Å². The molecule has 5 nitrogen and oxygen atoms in total. The number of carbonyl (C=O) groups excluding carboxylic acids is 1. The fourth-order valence-electron chi connectivity index (χ4n) is 7.51. The second kappa shape index (κ2) is 6.33. The Kier molecular flexibility index (Phi) is 3.95. The second-order valence-electron chi connectivity index (χ2n) is 10.1. The van der Waals surface area contributed by atoms with Crippen LogP contribution in [-0.2, 0) is 27.8 Å². The Balaban J connectivity index is 1.49. The molecule has 162 valence electrons. The van der Waals surface area contributed by atoms with Crippen LogP contribution in [0.4, 0.5) is 0 Å². The van der Waals surface area contributed by atoms with E-state index in [-0.39, 0.29) is 17.6 Å². The molecular formula is C26H30NO4+. The first-order chi connectivity index (χ1) is 15.0. The number of methoxy groups -OCH3 is 1. The topological polar surface area (TPSA) is 55.8 Å². The summed E-state index contributed by atoms with van der Waals surface area (Å²) in [6.07, 6.45) is 3.39. The van der Waals surface area contributed by atoms with Crippen LogP contribution in [0.1, 0.15) is 36.0 Å². The molecule has 0 amide bonds. The minimum atomic E-state index is -0.547. The molecule has 1 N–H and O–H groups in total. The molecule has 1 saturated carbocycles. The van der Waals surface area contributed by atoms with E-state index < -0.39 is 17.1 Å². The zero-order valence-corrected chi connectivity index (χ0v) is 18.3. The Morgan fingerprint density at radius 3 is 2.77 bits per heavy atom. The molecule has 2 aliphatic carbocycles. The van der Waals surface area contributed by atoms with E-state index in [4.69, 9.17) is 9.47 Å². The molecule has 4 aliphatic rings. The first kappa shape index (κ1) is 19.3. The van der Waals surface area contributed by atoms with Crippen LogP contribution in [0.3, 0.4) is 0 Å². The number of carbonyl (C=O) groups is 1. The van der Waals surface area contributed by atoms with Gasteiger partial charge >= 0.3 is 0 Å². The fourth-order valence-corrected chi connectivity index (χ4v) is 7.51. The normalized spacial score (nSPS) is 37.3. The summed E-state index contributed by atoms with van der Waals surface area (Å²) < 4.78 is 13.7. The predicted octanol–water partition coefficient (Wildman–Crippen LogP) is 3.16. The summed E-state index contributed by atoms with van der Waals surface area (Å²) in [4.78, 5) is 13.1. The van der Waals surface area contributed by atoms with Crippen molar-refractivity contribution >= 4 is 5.78 Å². The number of likely N-dealkylation sites (tertiary alicyclic amines) is 1. The number of benzene rings is 2. The van der Waals surface area contributed by atoms with Gasteiger partial charge in [-0.25, -0.2) is 0 Å². The third-order valence-corrected chi connectivity index (χ3v) is 8.98. The molecule has 1 spiro atoms. The minimum absolute atomic E-state index is 0.144. The average molecular weight is 421 g/mol. The first-order valence-corrected chi connectivity index (χ1v) is 11.4. The Labute approximate surface area is 183 Å². The van der Waals surface area contributed by atoms with Crippen molar-refractivity contribution in [2.24, 2.45) is 0 Å². The van der Waals surface area contributed by atoms with Crippen LogP contribution in [-0.4, -0.2) is 60.4 Å². The number of quaternary nitrogens is 1. The van der Waals surface area contributed by atoms with Crippen molar-refractivity contribution < 1.29 is 23.9 Å². The van der Waals surface area contributed by atoms with Crippen molar-refractivity contribution in [1.29, 1.82) is 0 Å². The molecule has 2 aromatic carbocycles. The van der Waals surface area contributed by atoms with Crippen LogP contribution >= 0.6 is 0 Å². The van der Waals surface area contributed by atoms with E-state index >= 15 is 0 Å². The first-order valence-electron chi connectivity index (χ1n) is 11.4. The van der Waals surface area contributed by atoms with Crippen molar-refractivity contribution in [1.82, 2.24) is 0 Å². The van der Waals surface area contributed by atoms with Crippen LogP contribution in [0.5, 0.6) is 11.5 Å². The number of Topliss-reactive ketones (excluding diaryl/α,β-unsaturated/α-hetero) is 1. The second-order valence-corrected chi connectivity index (χ2v) is 10.1. The van der Waals surface area contributed by atoms with Gasteiger partial charge in [0.05, 0.1) is 25.6 Å². The summed E-state index contributed by atoms with van der Waals surface area (Å²) in [6.45, 7) is 2.01. The standard InChI is InChI=1S/C26H29NO4/c1-27(14-11-17-6-4-3-5-7-17)15-13-25-22-18-8-9-19(28)23(22)31-24(25)20(29)10-12-26(25,30-2)21(27)16-18/h3-9,21,24H,10-16H2,1-2H3/p+1/t21-,24+,25+,26-,27-/m1/s1. The van der Waals surface area contributed by atoms with Crippen molar-refractivity contribution in [2.75, 3.05) is 27.2 Å². The molecule has 0 radical (unpaired) electrons. The quantitative estimate of drug-likeness (QED) is 0.772. The molecule has 5 atom stereocenters. The van der Waals surface area contributed by atoms with Gasteiger partial charge in [0.25, 0.3) is 0 Å². The lowest BCUT2D eigenvalue weighted by Gasteiger charge is -2.65. The highest BCUT2D eigenvalue weighted by atomic mass is 16.5. The monoisotopic (exact) mass is 420 g/mol. The highest BCUT2D eigenvalue weighted by Crippen LogP contribution is 2.66. The van der Waals surface area contributed by atoms with Crippen molar-refractivity contribution in [3.63, 3.8) is 0 Å². The maximum Gasteiger partial charge on any atom is 0.174 e. The van der Waals surface area contributed by atoms with Gasteiger partial charge in [-0.1, -0.05) is 36.4 Å². The Hall–Kier alpha value is -2.37. The van der Waals surface area contributed by atoms with E-state index in [0.29, 0.717) is 12.2 Å². The summed E-state index contributed by atoms with van der Waals surface area (Å²) in [5.74, 6) is 0.818. The summed E-state index contributed by atoms with van der Waals surface area (Å²) in [6, 6.07) is 14.7. The number of rotatable bonds is 4.